The summed E-state index contributed by atoms with van der Waals surface area (Å²) < 4.78 is 0. The molecule has 0 fully saturated rings. The molecule has 0 saturated carbocycles. The van der Waals surface area contributed by atoms with Gasteiger partial charge in [0.1, 0.15) is 17.5 Å². The van der Waals surface area contributed by atoms with Gasteiger partial charge in [-0.25, -0.2) is 9.97 Å². The molecule has 0 aliphatic carbocycles. The Hall–Kier alpha value is -1.36. The summed E-state index contributed by atoms with van der Waals surface area (Å²) in [7, 11) is 0. The second-order valence-electron chi connectivity index (χ2n) is 5.59. The summed E-state index contributed by atoms with van der Waals surface area (Å²) in [5, 5.41) is 15.6. The smallest absolute Gasteiger partial charge is 0.135 e. The van der Waals surface area contributed by atoms with Crippen LogP contribution in [0.1, 0.15) is 51.4 Å². The third-order valence-corrected chi connectivity index (χ3v) is 3.26. The fourth-order valence-electron chi connectivity index (χ4n) is 1.90. The van der Waals surface area contributed by atoms with E-state index in [9.17, 15) is 0 Å². The SMILES string of the molecule is CCNc1nc(C(C)C)nc(NCC(C)CCO)c1C. The van der Waals surface area contributed by atoms with Crippen molar-refractivity contribution in [1.29, 1.82) is 0 Å². The number of rotatable bonds is 8. The molecule has 5 heteroatoms. The molecule has 5 nitrogen and oxygen atoms in total. The highest BCUT2D eigenvalue weighted by Gasteiger charge is 2.13. The molecule has 114 valence electrons. The molecule has 1 rings (SSSR count). The van der Waals surface area contributed by atoms with E-state index >= 15 is 0 Å². The first-order valence-electron chi connectivity index (χ1n) is 7.46. The largest absolute Gasteiger partial charge is 0.396 e. The Morgan fingerprint density at radius 2 is 1.70 bits per heavy atom. The average Bonchev–Trinajstić information content (AvgIpc) is 2.40. The molecule has 20 heavy (non-hydrogen) atoms. The van der Waals surface area contributed by atoms with Gasteiger partial charge in [-0.1, -0.05) is 20.8 Å². The van der Waals surface area contributed by atoms with E-state index in [2.05, 4.69) is 48.3 Å². The fraction of sp³-hybridized carbons (Fsp3) is 0.733. The van der Waals surface area contributed by atoms with Crippen LogP contribution in [-0.4, -0.2) is 34.8 Å². The molecule has 0 aliphatic heterocycles. The molecule has 0 bridgehead atoms. The minimum atomic E-state index is 0.228. The zero-order valence-corrected chi connectivity index (χ0v) is 13.3. The molecule has 0 amide bonds. The third kappa shape index (κ3) is 4.63. The third-order valence-electron chi connectivity index (χ3n) is 3.26. The molecule has 1 heterocycles. The van der Waals surface area contributed by atoms with Crippen molar-refractivity contribution in [2.75, 3.05) is 30.3 Å². The van der Waals surface area contributed by atoms with Crippen LogP contribution in [0.25, 0.3) is 0 Å². The van der Waals surface area contributed by atoms with Crippen molar-refractivity contribution in [2.45, 2.75) is 47.0 Å². The Balaban J connectivity index is 2.92. The van der Waals surface area contributed by atoms with Gasteiger partial charge in [-0.15, -0.1) is 0 Å². The standard InChI is InChI=1S/C15H28N4O/c1-6-16-14-12(5)15(17-9-11(4)7-8-20)19-13(18-14)10(2)3/h10-11,20H,6-9H2,1-5H3,(H2,16,17,18,19). The minimum Gasteiger partial charge on any atom is -0.396 e. The number of aromatic nitrogens is 2. The topological polar surface area (TPSA) is 70.1 Å². The number of aliphatic hydroxyl groups is 1. The van der Waals surface area contributed by atoms with E-state index in [1.807, 2.05) is 6.92 Å². The number of nitrogens with one attached hydrogen (secondary N) is 2. The van der Waals surface area contributed by atoms with Gasteiger partial charge in [-0.05, 0) is 26.2 Å². The van der Waals surface area contributed by atoms with Crippen LogP contribution in [0, 0.1) is 12.8 Å². The summed E-state index contributed by atoms with van der Waals surface area (Å²) in [5.74, 6) is 3.36. The molecule has 0 radical (unpaired) electrons. The number of nitrogens with zero attached hydrogens (tertiary/aromatic N) is 2. The van der Waals surface area contributed by atoms with Crippen molar-refractivity contribution in [3.05, 3.63) is 11.4 Å². The molecular formula is C15H28N4O. The summed E-state index contributed by atoms with van der Waals surface area (Å²) in [6.45, 7) is 12.3. The number of anilines is 2. The van der Waals surface area contributed by atoms with E-state index < -0.39 is 0 Å². The Bertz CT molecular complexity index is 421. The summed E-state index contributed by atoms with van der Waals surface area (Å²) in [6.07, 6.45) is 0.800. The van der Waals surface area contributed by atoms with E-state index in [4.69, 9.17) is 5.11 Å². The maximum Gasteiger partial charge on any atom is 0.135 e. The monoisotopic (exact) mass is 280 g/mol. The van der Waals surface area contributed by atoms with Crippen LogP contribution in [-0.2, 0) is 0 Å². The van der Waals surface area contributed by atoms with Gasteiger partial charge in [0.25, 0.3) is 0 Å². The van der Waals surface area contributed by atoms with Crippen molar-refractivity contribution in [3.63, 3.8) is 0 Å². The molecule has 1 aromatic heterocycles. The zero-order valence-electron chi connectivity index (χ0n) is 13.3. The zero-order chi connectivity index (χ0) is 15.1. The predicted octanol–water partition coefficient (Wildman–Crippen LogP) is 2.77. The van der Waals surface area contributed by atoms with E-state index in [1.54, 1.807) is 0 Å². The predicted molar refractivity (Wildman–Crippen MR) is 84.4 cm³/mol. The molecule has 1 atom stereocenters. The molecule has 0 saturated heterocycles. The first-order valence-corrected chi connectivity index (χ1v) is 7.46. The highest BCUT2D eigenvalue weighted by molar-refractivity contribution is 5.57. The van der Waals surface area contributed by atoms with Gasteiger partial charge in [0.2, 0.25) is 0 Å². The summed E-state index contributed by atoms with van der Waals surface area (Å²) in [6, 6.07) is 0. The lowest BCUT2D eigenvalue weighted by molar-refractivity contribution is 0.266. The van der Waals surface area contributed by atoms with Gasteiger partial charge in [-0.3, -0.25) is 0 Å². The van der Waals surface area contributed by atoms with Crippen LogP contribution < -0.4 is 10.6 Å². The molecule has 0 aliphatic rings. The maximum atomic E-state index is 8.96. The van der Waals surface area contributed by atoms with Gasteiger partial charge >= 0.3 is 0 Å². The summed E-state index contributed by atoms with van der Waals surface area (Å²) >= 11 is 0. The number of hydrogen-bond donors (Lipinski definition) is 3. The van der Waals surface area contributed by atoms with Crippen LogP contribution in [0.3, 0.4) is 0 Å². The Morgan fingerprint density at radius 1 is 1.10 bits per heavy atom. The van der Waals surface area contributed by atoms with Crippen LogP contribution in [0.15, 0.2) is 0 Å². The summed E-state index contributed by atoms with van der Waals surface area (Å²) in [5.41, 5.74) is 1.05. The van der Waals surface area contributed by atoms with Crippen LogP contribution in [0.5, 0.6) is 0 Å². The lowest BCUT2D eigenvalue weighted by Crippen LogP contribution is -2.17. The Labute approximate surface area is 122 Å². The van der Waals surface area contributed by atoms with E-state index in [0.29, 0.717) is 11.8 Å². The van der Waals surface area contributed by atoms with Gasteiger partial charge in [-0.2, -0.15) is 0 Å². The van der Waals surface area contributed by atoms with Crippen LogP contribution in [0.2, 0.25) is 0 Å². The quantitative estimate of drug-likeness (QED) is 0.683. The Kier molecular flexibility index (Phi) is 6.71. The van der Waals surface area contributed by atoms with Crippen LogP contribution in [0.4, 0.5) is 11.6 Å². The van der Waals surface area contributed by atoms with Crippen molar-refractivity contribution in [1.82, 2.24) is 9.97 Å². The van der Waals surface area contributed by atoms with Crippen molar-refractivity contribution in [3.8, 4) is 0 Å². The van der Waals surface area contributed by atoms with Gasteiger partial charge in [0.15, 0.2) is 0 Å². The molecular weight excluding hydrogens is 252 g/mol. The summed E-state index contributed by atoms with van der Waals surface area (Å²) in [4.78, 5) is 9.21. The molecule has 0 aromatic carbocycles. The van der Waals surface area contributed by atoms with Crippen molar-refractivity contribution >= 4 is 11.6 Å². The lowest BCUT2D eigenvalue weighted by atomic mass is 10.1. The second kappa shape index (κ2) is 8.04. The van der Waals surface area contributed by atoms with Crippen molar-refractivity contribution < 1.29 is 5.11 Å². The molecule has 1 aromatic rings. The van der Waals surface area contributed by atoms with Gasteiger partial charge in [0.05, 0.1) is 0 Å². The Morgan fingerprint density at radius 3 is 2.20 bits per heavy atom. The van der Waals surface area contributed by atoms with E-state index in [-0.39, 0.29) is 6.61 Å². The molecule has 1 unspecified atom stereocenters. The van der Waals surface area contributed by atoms with Gasteiger partial charge in [0, 0.05) is 31.2 Å². The highest BCUT2D eigenvalue weighted by atomic mass is 16.3. The molecule has 3 N–H and O–H groups in total. The fourth-order valence-corrected chi connectivity index (χ4v) is 1.90. The maximum absolute atomic E-state index is 8.96. The normalized spacial score (nSPS) is 12.6. The average molecular weight is 280 g/mol. The van der Waals surface area contributed by atoms with Gasteiger partial charge < -0.3 is 15.7 Å². The van der Waals surface area contributed by atoms with E-state index in [1.165, 1.54) is 0 Å². The van der Waals surface area contributed by atoms with E-state index in [0.717, 1.165) is 42.5 Å². The minimum absolute atomic E-state index is 0.228. The second-order valence-corrected chi connectivity index (χ2v) is 5.59. The first kappa shape index (κ1) is 16.7. The lowest BCUT2D eigenvalue weighted by Gasteiger charge is -2.17. The molecule has 0 spiro atoms. The highest BCUT2D eigenvalue weighted by Crippen LogP contribution is 2.23. The number of aliphatic hydroxyl groups excluding tert-OH is 1. The first-order chi connectivity index (χ1) is 9.49. The van der Waals surface area contributed by atoms with Crippen LogP contribution >= 0.6 is 0 Å². The number of hydrogen-bond acceptors (Lipinski definition) is 5. The van der Waals surface area contributed by atoms with Crippen molar-refractivity contribution in [2.24, 2.45) is 5.92 Å².